The minimum absolute atomic E-state index is 0.439. The van der Waals surface area contributed by atoms with Crippen molar-refractivity contribution in [2.75, 3.05) is 6.54 Å². The highest BCUT2D eigenvalue weighted by Crippen LogP contribution is 2.13. The Kier molecular flexibility index (Phi) is 1.97. The molecule has 9 heavy (non-hydrogen) atoms. The third-order valence-electron chi connectivity index (χ3n) is 1.51. The maximum absolute atomic E-state index is 11.8. The largest absolute Gasteiger partial charge is 0.391 e. The van der Waals surface area contributed by atoms with Crippen molar-refractivity contribution >= 4 is 0 Å². The van der Waals surface area contributed by atoms with Crippen LogP contribution >= 0.6 is 0 Å². The first-order valence-corrected chi connectivity index (χ1v) is 2.91. The smallest absolute Gasteiger partial charge is 0.256 e. The van der Waals surface area contributed by atoms with Gasteiger partial charge < -0.3 is 10.4 Å². The summed E-state index contributed by atoms with van der Waals surface area (Å²) in [6, 6.07) is -0.995. The molecule has 1 fully saturated rings. The zero-order valence-electron chi connectivity index (χ0n) is 4.85. The third kappa shape index (κ3) is 1.37. The van der Waals surface area contributed by atoms with Gasteiger partial charge in [-0.3, -0.25) is 0 Å². The number of halogens is 2. The van der Waals surface area contributed by atoms with Crippen molar-refractivity contribution in [3.63, 3.8) is 0 Å². The van der Waals surface area contributed by atoms with Gasteiger partial charge in [-0.05, 0) is 13.0 Å². The summed E-state index contributed by atoms with van der Waals surface area (Å²) in [5, 5.41) is 11.3. The van der Waals surface area contributed by atoms with Crippen LogP contribution in [-0.2, 0) is 0 Å². The van der Waals surface area contributed by atoms with Gasteiger partial charge in [-0.2, -0.15) is 0 Å². The van der Waals surface area contributed by atoms with E-state index in [2.05, 4.69) is 5.32 Å². The lowest BCUT2D eigenvalue weighted by Crippen LogP contribution is -2.36. The van der Waals surface area contributed by atoms with E-state index in [1.54, 1.807) is 0 Å². The topological polar surface area (TPSA) is 32.3 Å². The van der Waals surface area contributed by atoms with Crippen molar-refractivity contribution in [2.24, 2.45) is 0 Å². The van der Waals surface area contributed by atoms with Crippen LogP contribution in [-0.4, -0.2) is 30.2 Å². The van der Waals surface area contributed by atoms with Crippen molar-refractivity contribution in [3.8, 4) is 0 Å². The number of hydrogen-bond donors (Lipinski definition) is 2. The van der Waals surface area contributed by atoms with E-state index in [1.807, 2.05) is 0 Å². The fourth-order valence-electron chi connectivity index (χ4n) is 0.970. The normalized spacial score (nSPS) is 36.0. The molecule has 0 radical (unpaired) electrons. The van der Waals surface area contributed by atoms with Crippen molar-refractivity contribution in [1.82, 2.24) is 5.32 Å². The highest BCUT2D eigenvalue weighted by Gasteiger charge is 2.31. The van der Waals surface area contributed by atoms with Crippen LogP contribution in [0.15, 0.2) is 0 Å². The van der Waals surface area contributed by atoms with Gasteiger partial charge in [0, 0.05) is 0 Å². The summed E-state index contributed by atoms with van der Waals surface area (Å²) < 4.78 is 23.5. The lowest BCUT2D eigenvalue weighted by Gasteiger charge is -2.11. The first-order chi connectivity index (χ1) is 4.22. The molecule has 54 valence electrons. The Balaban J connectivity index is 2.40. The lowest BCUT2D eigenvalue weighted by molar-refractivity contribution is 0.0422. The highest BCUT2D eigenvalue weighted by atomic mass is 19.3. The van der Waals surface area contributed by atoms with Crippen LogP contribution in [0, 0.1) is 0 Å². The van der Waals surface area contributed by atoms with E-state index in [-0.39, 0.29) is 0 Å². The minimum atomic E-state index is -2.44. The Hall–Kier alpha value is -0.220. The minimum Gasteiger partial charge on any atom is -0.391 e. The molecule has 0 aliphatic carbocycles. The van der Waals surface area contributed by atoms with E-state index in [0.717, 1.165) is 0 Å². The molecule has 0 bridgehead atoms. The number of aliphatic hydroxyl groups excluding tert-OH is 1. The summed E-state index contributed by atoms with van der Waals surface area (Å²) in [7, 11) is 0. The van der Waals surface area contributed by atoms with E-state index >= 15 is 0 Å². The van der Waals surface area contributed by atoms with E-state index in [1.165, 1.54) is 0 Å². The molecule has 1 rings (SSSR count). The molecule has 1 heterocycles. The standard InChI is InChI=1S/C5H9F2NO/c6-5(7)4-3(9)1-2-8-4/h3-5,8-9H,1-2H2/t3-,4-/m0/s1. The number of hydrogen-bond acceptors (Lipinski definition) is 2. The average molecular weight is 137 g/mol. The van der Waals surface area contributed by atoms with Crippen LogP contribution in [0.25, 0.3) is 0 Å². The molecular formula is C5H9F2NO. The predicted molar refractivity (Wildman–Crippen MR) is 28.4 cm³/mol. The fourth-order valence-corrected chi connectivity index (χ4v) is 0.970. The van der Waals surface area contributed by atoms with Crippen molar-refractivity contribution in [3.05, 3.63) is 0 Å². The van der Waals surface area contributed by atoms with Gasteiger partial charge in [0.1, 0.15) is 0 Å². The van der Waals surface area contributed by atoms with Gasteiger partial charge in [0.15, 0.2) is 0 Å². The number of alkyl halides is 2. The SMILES string of the molecule is O[C@H]1CCN[C@@H]1C(F)F. The number of aliphatic hydroxyl groups is 1. The van der Waals surface area contributed by atoms with Crippen molar-refractivity contribution < 1.29 is 13.9 Å². The van der Waals surface area contributed by atoms with Crippen LogP contribution in [0.2, 0.25) is 0 Å². The van der Waals surface area contributed by atoms with Crippen LogP contribution in [0.1, 0.15) is 6.42 Å². The zero-order chi connectivity index (χ0) is 6.85. The summed E-state index contributed by atoms with van der Waals surface area (Å²) in [4.78, 5) is 0. The maximum Gasteiger partial charge on any atom is 0.256 e. The van der Waals surface area contributed by atoms with Gasteiger partial charge in [0.25, 0.3) is 6.43 Å². The molecule has 2 atom stereocenters. The van der Waals surface area contributed by atoms with E-state index < -0.39 is 18.6 Å². The summed E-state index contributed by atoms with van der Waals surface area (Å²) >= 11 is 0. The average Bonchev–Trinajstić information content (AvgIpc) is 2.13. The quantitative estimate of drug-likeness (QED) is 0.532. The highest BCUT2D eigenvalue weighted by molar-refractivity contribution is 4.84. The Bertz CT molecular complexity index is 99.0. The molecule has 4 heteroatoms. The van der Waals surface area contributed by atoms with Crippen LogP contribution in [0.5, 0.6) is 0 Å². The molecular weight excluding hydrogens is 128 g/mol. The number of rotatable bonds is 1. The Morgan fingerprint density at radius 3 is 2.44 bits per heavy atom. The second kappa shape index (κ2) is 2.58. The molecule has 0 unspecified atom stereocenters. The van der Waals surface area contributed by atoms with E-state index in [9.17, 15) is 8.78 Å². The molecule has 0 spiro atoms. The molecule has 1 aliphatic rings. The van der Waals surface area contributed by atoms with Crippen molar-refractivity contribution in [1.29, 1.82) is 0 Å². The van der Waals surface area contributed by atoms with E-state index in [4.69, 9.17) is 5.11 Å². The van der Waals surface area contributed by atoms with Gasteiger partial charge in [-0.1, -0.05) is 0 Å². The molecule has 2 nitrogen and oxygen atoms in total. The Morgan fingerprint density at radius 2 is 2.22 bits per heavy atom. The van der Waals surface area contributed by atoms with Gasteiger partial charge in [-0.15, -0.1) is 0 Å². The summed E-state index contributed by atoms with van der Waals surface area (Å²) in [6.45, 7) is 0.496. The molecule has 2 N–H and O–H groups in total. The lowest BCUT2D eigenvalue weighted by atomic mass is 10.2. The molecule has 0 amide bonds. The zero-order valence-corrected chi connectivity index (χ0v) is 4.85. The second-order valence-corrected chi connectivity index (χ2v) is 2.17. The van der Waals surface area contributed by atoms with Gasteiger partial charge in [0.2, 0.25) is 0 Å². The van der Waals surface area contributed by atoms with Crippen LogP contribution < -0.4 is 5.32 Å². The monoisotopic (exact) mass is 137 g/mol. The second-order valence-electron chi connectivity index (χ2n) is 2.17. The van der Waals surface area contributed by atoms with Gasteiger partial charge in [-0.25, -0.2) is 8.78 Å². The Labute approximate surface area is 51.9 Å². The Morgan fingerprint density at radius 1 is 1.56 bits per heavy atom. The molecule has 0 aromatic heterocycles. The van der Waals surface area contributed by atoms with Gasteiger partial charge >= 0.3 is 0 Å². The molecule has 0 aromatic rings. The molecule has 1 aliphatic heterocycles. The first kappa shape index (κ1) is 6.89. The van der Waals surface area contributed by atoms with Crippen LogP contribution in [0.3, 0.4) is 0 Å². The predicted octanol–water partition coefficient (Wildman–Crippen LogP) is -0.0257. The third-order valence-corrected chi connectivity index (χ3v) is 1.51. The maximum atomic E-state index is 11.8. The van der Waals surface area contributed by atoms with Crippen molar-refractivity contribution in [2.45, 2.75) is 25.0 Å². The molecule has 0 saturated carbocycles. The van der Waals surface area contributed by atoms with Gasteiger partial charge in [0.05, 0.1) is 12.1 Å². The number of nitrogens with one attached hydrogen (secondary N) is 1. The fraction of sp³-hybridized carbons (Fsp3) is 1.00. The summed E-state index contributed by atoms with van der Waals surface area (Å²) in [5.74, 6) is 0. The molecule has 0 aromatic carbocycles. The molecule has 1 saturated heterocycles. The first-order valence-electron chi connectivity index (χ1n) is 2.91. The van der Waals surface area contributed by atoms with E-state index in [0.29, 0.717) is 13.0 Å². The summed E-state index contributed by atoms with van der Waals surface area (Å²) in [5.41, 5.74) is 0. The van der Waals surface area contributed by atoms with Crippen LogP contribution in [0.4, 0.5) is 8.78 Å². The summed E-state index contributed by atoms with van der Waals surface area (Å²) in [6.07, 6.45) is -2.86.